The Balaban J connectivity index is 1.55. The fourth-order valence-electron chi connectivity index (χ4n) is 6.79. The molecule has 0 radical (unpaired) electrons. The Morgan fingerprint density at radius 2 is 1.82 bits per heavy atom. The van der Waals surface area contributed by atoms with Gasteiger partial charge in [-0.25, -0.2) is 0 Å². The van der Waals surface area contributed by atoms with Crippen LogP contribution < -0.4 is 10.6 Å². The lowest BCUT2D eigenvalue weighted by molar-refractivity contribution is -0.144. The first kappa shape index (κ1) is 26.4. The fraction of sp³-hybridized carbons (Fsp3) is 0.500. The quantitative estimate of drug-likeness (QED) is 0.472. The second kappa shape index (κ2) is 10.5. The Morgan fingerprint density at radius 1 is 1.11 bits per heavy atom. The van der Waals surface area contributed by atoms with Crippen LogP contribution in [0.1, 0.15) is 42.9 Å². The predicted octanol–water partition coefficient (Wildman–Crippen LogP) is 2.75. The lowest BCUT2D eigenvalue weighted by atomic mass is 9.70. The first-order chi connectivity index (χ1) is 18.3. The van der Waals surface area contributed by atoms with E-state index in [4.69, 9.17) is 4.74 Å². The standard InChI is InChI=1S/C30H37N3O5/c1-4-15-31-27(35)23-22-13-14-30(38-22)24(23)29(37)33(21(17-34)16-20-11-6-5-7-12-20)26(30)28(36)32-25-18(2)9-8-10-19(25)3/h5-12,21-24,26,34H,4,13-17H2,1-3H3,(H,31,35)(H,32,36)/t21-,22+,23-,24+,26?,30?/m1/s1. The average molecular weight is 520 g/mol. The fourth-order valence-corrected chi connectivity index (χ4v) is 6.79. The van der Waals surface area contributed by atoms with Gasteiger partial charge in [-0.1, -0.05) is 55.5 Å². The molecule has 3 amide bonds. The normalized spacial score (nSPS) is 28.3. The van der Waals surface area contributed by atoms with Gasteiger partial charge in [-0.05, 0) is 56.2 Å². The van der Waals surface area contributed by atoms with Crippen molar-refractivity contribution < 1.29 is 24.2 Å². The number of likely N-dealkylation sites (tertiary alicyclic amines) is 1. The molecule has 6 atom stereocenters. The minimum atomic E-state index is -1.11. The maximum absolute atomic E-state index is 14.2. The van der Waals surface area contributed by atoms with Gasteiger partial charge in [0.2, 0.25) is 17.7 Å². The molecular weight excluding hydrogens is 482 g/mol. The molecule has 3 fully saturated rings. The van der Waals surface area contributed by atoms with Crippen LogP contribution in [0.2, 0.25) is 0 Å². The van der Waals surface area contributed by atoms with Crippen molar-refractivity contribution in [3.63, 3.8) is 0 Å². The molecule has 8 heteroatoms. The van der Waals surface area contributed by atoms with Crippen LogP contribution in [0.15, 0.2) is 48.5 Å². The number of aliphatic hydroxyl groups is 1. The van der Waals surface area contributed by atoms with Crippen molar-refractivity contribution >= 4 is 23.4 Å². The van der Waals surface area contributed by atoms with Gasteiger partial charge in [0, 0.05) is 12.2 Å². The number of anilines is 1. The van der Waals surface area contributed by atoms with Gasteiger partial charge in [-0.15, -0.1) is 0 Å². The Bertz CT molecular complexity index is 1200. The summed E-state index contributed by atoms with van der Waals surface area (Å²) in [7, 11) is 0. The SMILES string of the molecule is CCCNC(=O)[C@@H]1[C@@H]2CCC3(O2)C(C(=O)Nc2c(C)cccc2C)N([C@@H](CO)Cc2ccccc2)C(=O)[C@H]13. The number of nitrogens with zero attached hydrogens (tertiary/aromatic N) is 1. The van der Waals surface area contributed by atoms with Gasteiger partial charge in [0.05, 0.1) is 30.6 Å². The molecule has 38 heavy (non-hydrogen) atoms. The van der Waals surface area contributed by atoms with Crippen molar-refractivity contribution in [1.29, 1.82) is 0 Å². The molecule has 3 aliphatic heterocycles. The molecule has 202 valence electrons. The zero-order valence-corrected chi connectivity index (χ0v) is 22.3. The molecule has 0 aliphatic carbocycles. The van der Waals surface area contributed by atoms with Crippen LogP contribution in [-0.2, 0) is 25.5 Å². The molecule has 2 aromatic rings. The lowest BCUT2D eigenvalue weighted by Crippen LogP contribution is -2.57. The van der Waals surface area contributed by atoms with E-state index in [-0.39, 0.29) is 24.3 Å². The third kappa shape index (κ3) is 4.29. The molecule has 2 unspecified atom stereocenters. The Morgan fingerprint density at radius 3 is 2.47 bits per heavy atom. The minimum Gasteiger partial charge on any atom is -0.394 e. The minimum absolute atomic E-state index is 0.198. The molecule has 1 spiro atoms. The number of hydrogen-bond donors (Lipinski definition) is 3. The van der Waals surface area contributed by atoms with Crippen molar-refractivity contribution in [2.24, 2.45) is 11.8 Å². The molecule has 3 N–H and O–H groups in total. The van der Waals surface area contributed by atoms with Crippen LogP contribution in [-0.4, -0.2) is 64.7 Å². The summed E-state index contributed by atoms with van der Waals surface area (Å²) in [5.41, 5.74) is 2.38. The van der Waals surface area contributed by atoms with Crippen molar-refractivity contribution in [2.75, 3.05) is 18.5 Å². The van der Waals surface area contributed by atoms with E-state index in [1.54, 1.807) is 0 Å². The Labute approximate surface area is 223 Å². The van der Waals surface area contributed by atoms with Crippen LogP contribution in [0.25, 0.3) is 0 Å². The Hall–Kier alpha value is -3.23. The van der Waals surface area contributed by atoms with E-state index in [1.165, 1.54) is 4.90 Å². The van der Waals surface area contributed by atoms with Crippen molar-refractivity contribution in [1.82, 2.24) is 10.2 Å². The molecule has 3 aliphatic rings. The number of fused-ring (bicyclic) bond motifs is 1. The molecule has 2 bridgehead atoms. The smallest absolute Gasteiger partial charge is 0.250 e. The average Bonchev–Trinajstić information content (AvgIpc) is 3.56. The number of hydrogen-bond acceptors (Lipinski definition) is 5. The predicted molar refractivity (Wildman–Crippen MR) is 143 cm³/mol. The number of rotatable bonds is 9. The maximum atomic E-state index is 14.2. The van der Waals surface area contributed by atoms with Gasteiger partial charge in [-0.3, -0.25) is 14.4 Å². The highest BCUT2D eigenvalue weighted by Gasteiger charge is 2.75. The van der Waals surface area contributed by atoms with Crippen molar-refractivity contribution in [3.05, 3.63) is 65.2 Å². The molecule has 3 heterocycles. The summed E-state index contributed by atoms with van der Waals surface area (Å²) in [6.45, 7) is 6.04. The summed E-state index contributed by atoms with van der Waals surface area (Å²) >= 11 is 0. The van der Waals surface area contributed by atoms with Gasteiger partial charge < -0.3 is 25.4 Å². The maximum Gasteiger partial charge on any atom is 0.250 e. The second-order valence-electron chi connectivity index (χ2n) is 10.9. The van der Waals surface area contributed by atoms with Gasteiger partial charge in [0.15, 0.2) is 0 Å². The summed E-state index contributed by atoms with van der Waals surface area (Å²) < 4.78 is 6.51. The number of nitrogens with one attached hydrogen (secondary N) is 2. The highest BCUT2D eigenvalue weighted by Crippen LogP contribution is 2.59. The summed E-state index contributed by atoms with van der Waals surface area (Å²) in [6.07, 6.45) is 1.88. The van der Waals surface area contributed by atoms with Crippen LogP contribution in [0.3, 0.4) is 0 Å². The van der Waals surface area contributed by atoms with Crippen LogP contribution >= 0.6 is 0 Å². The number of carbonyl (C=O) groups is 3. The molecule has 3 saturated heterocycles. The van der Waals surface area contributed by atoms with Crippen molar-refractivity contribution in [3.8, 4) is 0 Å². The summed E-state index contributed by atoms with van der Waals surface area (Å²) in [4.78, 5) is 43.2. The third-order valence-corrected chi connectivity index (χ3v) is 8.49. The summed E-state index contributed by atoms with van der Waals surface area (Å²) in [5.74, 6) is -2.26. The lowest BCUT2D eigenvalue weighted by Gasteiger charge is -2.37. The molecule has 8 nitrogen and oxygen atoms in total. The van der Waals surface area contributed by atoms with E-state index in [9.17, 15) is 19.5 Å². The van der Waals surface area contributed by atoms with Gasteiger partial charge in [0.25, 0.3) is 0 Å². The molecular formula is C30H37N3O5. The number of para-hydroxylation sites is 1. The number of ether oxygens (including phenoxy) is 1. The number of benzene rings is 2. The van der Waals surface area contributed by atoms with E-state index < -0.39 is 35.6 Å². The summed E-state index contributed by atoms with van der Waals surface area (Å²) in [5, 5.41) is 16.6. The van der Waals surface area contributed by atoms with Gasteiger partial charge >= 0.3 is 0 Å². The first-order valence-corrected chi connectivity index (χ1v) is 13.6. The number of carbonyl (C=O) groups excluding carboxylic acids is 3. The highest BCUT2D eigenvalue weighted by atomic mass is 16.5. The van der Waals surface area contributed by atoms with Gasteiger partial charge in [0.1, 0.15) is 11.6 Å². The van der Waals surface area contributed by atoms with Crippen LogP contribution in [0.5, 0.6) is 0 Å². The van der Waals surface area contributed by atoms with Crippen molar-refractivity contribution in [2.45, 2.75) is 70.2 Å². The van der Waals surface area contributed by atoms with Crippen LogP contribution in [0.4, 0.5) is 5.69 Å². The number of amides is 3. The molecule has 2 aromatic carbocycles. The van der Waals surface area contributed by atoms with E-state index >= 15 is 0 Å². The Kier molecular flexibility index (Phi) is 7.29. The zero-order chi connectivity index (χ0) is 27.0. The largest absolute Gasteiger partial charge is 0.394 e. The monoisotopic (exact) mass is 519 g/mol. The number of aryl methyl sites for hydroxylation is 2. The molecule has 0 aromatic heterocycles. The van der Waals surface area contributed by atoms with Crippen LogP contribution in [0, 0.1) is 25.7 Å². The van der Waals surface area contributed by atoms with E-state index in [2.05, 4.69) is 10.6 Å². The topological polar surface area (TPSA) is 108 Å². The van der Waals surface area contributed by atoms with E-state index in [0.717, 1.165) is 23.1 Å². The molecule has 5 rings (SSSR count). The molecule has 0 saturated carbocycles. The summed E-state index contributed by atoms with van der Waals surface area (Å²) in [6, 6.07) is 13.8. The van der Waals surface area contributed by atoms with E-state index in [0.29, 0.717) is 31.5 Å². The van der Waals surface area contributed by atoms with E-state index in [1.807, 2.05) is 69.3 Å². The highest BCUT2D eigenvalue weighted by molar-refractivity contribution is 6.04. The third-order valence-electron chi connectivity index (χ3n) is 8.49. The van der Waals surface area contributed by atoms with Gasteiger partial charge in [-0.2, -0.15) is 0 Å². The second-order valence-corrected chi connectivity index (χ2v) is 10.9. The zero-order valence-electron chi connectivity index (χ0n) is 22.3. The first-order valence-electron chi connectivity index (χ1n) is 13.6. The number of aliphatic hydroxyl groups excluding tert-OH is 1.